The molecule has 0 spiro atoms. The second-order valence-corrected chi connectivity index (χ2v) is 8.04. The Labute approximate surface area is 132 Å². The third kappa shape index (κ3) is 3.47. The van der Waals surface area contributed by atoms with Crippen molar-refractivity contribution in [3.8, 4) is 10.7 Å². The van der Waals surface area contributed by atoms with E-state index < -0.39 is 5.97 Å². The predicted octanol–water partition coefficient (Wildman–Crippen LogP) is 3.56. The van der Waals surface area contributed by atoms with Gasteiger partial charge in [-0.15, -0.1) is 21.5 Å². The smallest absolute Gasteiger partial charge is 0.313 e. The quantitative estimate of drug-likeness (QED) is 0.871. The van der Waals surface area contributed by atoms with Crippen molar-refractivity contribution in [1.29, 1.82) is 0 Å². The minimum atomic E-state index is -0.854. The highest BCUT2D eigenvalue weighted by molar-refractivity contribution is 7.99. The summed E-state index contributed by atoms with van der Waals surface area (Å²) >= 11 is 2.89. The van der Waals surface area contributed by atoms with E-state index in [1.807, 2.05) is 4.57 Å². The normalized spacial score (nSPS) is 11.9. The lowest BCUT2D eigenvalue weighted by Crippen LogP contribution is -2.23. The van der Waals surface area contributed by atoms with Crippen LogP contribution in [0.1, 0.15) is 31.2 Å². The Kier molecular flexibility index (Phi) is 4.43. The second-order valence-electron chi connectivity index (χ2n) is 5.84. The lowest BCUT2D eigenvalue weighted by atomic mass is 10.1. The minimum absolute atomic E-state index is 0.0172. The molecule has 0 atom stereocenters. The molecule has 0 amide bonds. The Hall–Kier alpha value is -1.34. The molecular weight excluding hydrogens is 306 g/mol. The molecule has 0 unspecified atom stereocenters. The van der Waals surface area contributed by atoms with Gasteiger partial charge in [-0.25, -0.2) is 0 Å². The van der Waals surface area contributed by atoms with Crippen molar-refractivity contribution < 1.29 is 9.90 Å². The van der Waals surface area contributed by atoms with Crippen LogP contribution in [0.2, 0.25) is 0 Å². The highest BCUT2D eigenvalue weighted by Gasteiger charge is 2.25. The molecule has 1 N–H and O–H groups in total. The summed E-state index contributed by atoms with van der Waals surface area (Å²) < 4.78 is 2.02. The van der Waals surface area contributed by atoms with Crippen LogP contribution in [0.25, 0.3) is 10.7 Å². The summed E-state index contributed by atoms with van der Waals surface area (Å²) in [6.07, 6.45) is 0. The van der Waals surface area contributed by atoms with E-state index >= 15 is 0 Å². The zero-order chi connectivity index (χ0) is 15.8. The highest BCUT2D eigenvalue weighted by atomic mass is 32.2. The monoisotopic (exact) mass is 325 g/mol. The molecule has 0 aliphatic carbocycles. The molecule has 21 heavy (non-hydrogen) atoms. The summed E-state index contributed by atoms with van der Waals surface area (Å²) in [6, 6.07) is 2.11. The van der Waals surface area contributed by atoms with Crippen LogP contribution < -0.4 is 0 Å². The van der Waals surface area contributed by atoms with Gasteiger partial charge in [0.1, 0.15) is 0 Å². The van der Waals surface area contributed by atoms with Crippen molar-refractivity contribution in [1.82, 2.24) is 14.8 Å². The van der Waals surface area contributed by atoms with Gasteiger partial charge in [0.25, 0.3) is 0 Å². The van der Waals surface area contributed by atoms with Gasteiger partial charge in [0, 0.05) is 10.4 Å². The Balaban J connectivity index is 2.49. The first-order chi connectivity index (χ1) is 9.70. The van der Waals surface area contributed by atoms with Crippen molar-refractivity contribution in [3.05, 3.63) is 16.5 Å². The summed E-state index contributed by atoms with van der Waals surface area (Å²) in [7, 11) is 0. The number of hydrogen-bond donors (Lipinski definition) is 1. The number of carboxylic acids is 1. The van der Waals surface area contributed by atoms with Gasteiger partial charge >= 0.3 is 5.97 Å². The predicted molar refractivity (Wildman–Crippen MR) is 86.2 cm³/mol. The Bertz CT molecular complexity index is 649. The van der Waals surface area contributed by atoms with E-state index in [1.165, 1.54) is 22.2 Å². The number of nitrogens with zero attached hydrogens (tertiary/aromatic N) is 3. The van der Waals surface area contributed by atoms with Crippen molar-refractivity contribution in [2.45, 2.75) is 45.3 Å². The van der Waals surface area contributed by atoms with Crippen LogP contribution >= 0.6 is 23.1 Å². The molecule has 5 nitrogen and oxygen atoms in total. The number of carbonyl (C=O) groups is 1. The third-order valence-electron chi connectivity index (χ3n) is 3.02. The minimum Gasteiger partial charge on any atom is -0.481 e. The van der Waals surface area contributed by atoms with E-state index in [4.69, 9.17) is 5.11 Å². The van der Waals surface area contributed by atoms with Gasteiger partial charge in [-0.2, -0.15) is 0 Å². The molecule has 0 aliphatic heterocycles. The van der Waals surface area contributed by atoms with Crippen LogP contribution in [0.4, 0.5) is 0 Å². The van der Waals surface area contributed by atoms with Gasteiger partial charge in [-0.05, 0) is 46.2 Å². The zero-order valence-electron chi connectivity index (χ0n) is 12.8. The van der Waals surface area contributed by atoms with E-state index in [0.29, 0.717) is 5.16 Å². The van der Waals surface area contributed by atoms with Gasteiger partial charge in [-0.1, -0.05) is 11.8 Å². The Morgan fingerprint density at radius 3 is 2.52 bits per heavy atom. The van der Waals surface area contributed by atoms with Crippen LogP contribution in [-0.4, -0.2) is 31.6 Å². The number of aromatic nitrogens is 3. The SMILES string of the molecule is Cc1cc(-c2nnc(SCC(=O)O)n2C(C)(C)C)sc1C. The highest BCUT2D eigenvalue weighted by Crippen LogP contribution is 2.35. The lowest BCUT2D eigenvalue weighted by molar-refractivity contribution is -0.133. The van der Waals surface area contributed by atoms with Gasteiger partial charge in [0.15, 0.2) is 11.0 Å². The summed E-state index contributed by atoms with van der Waals surface area (Å²) in [4.78, 5) is 13.1. The zero-order valence-corrected chi connectivity index (χ0v) is 14.4. The maximum atomic E-state index is 10.8. The van der Waals surface area contributed by atoms with E-state index in [9.17, 15) is 4.79 Å². The summed E-state index contributed by atoms with van der Waals surface area (Å²) in [5.41, 5.74) is 1.02. The molecular formula is C14H19N3O2S2. The average Bonchev–Trinajstić information content (AvgIpc) is 2.90. The summed E-state index contributed by atoms with van der Waals surface area (Å²) in [5.74, 6) is -0.0686. The first-order valence-corrected chi connectivity index (χ1v) is 8.38. The average molecular weight is 325 g/mol. The number of carboxylic acid groups (broad SMARTS) is 1. The fourth-order valence-electron chi connectivity index (χ4n) is 1.94. The van der Waals surface area contributed by atoms with Crippen molar-refractivity contribution >= 4 is 29.1 Å². The second kappa shape index (κ2) is 5.81. The summed E-state index contributed by atoms with van der Waals surface area (Å²) in [5, 5.41) is 18.0. The molecule has 114 valence electrons. The maximum absolute atomic E-state index is 10.8. The molecule has 0 bridgehead atoms. The molecule has 0 aliphatic rings. The van der Waals surface area contributed by atoms with Crippen LogP contribution in [-0.2, 0) is 10.3 Å². The van der Waals surface area contributed by atoms with Crippen molar-refractivity contribution in [3.63, 3.8) is 0 Å². The summed E-state index contributed by atoms with van der Waals surface area (Å²) in [6.45, 7) is 10.4. The van der Waals surface area contributed by atoms with Crippen LogP contribution in [0, 0.1) is 13.8 Å². The standard InChI is InChI=1S/C14H19N3O2S2/c1-8-6-10(21-9(8)2)12-15-16-13(20-7-11(18)19)17(12)14(3,4)5/h6H,7H2,1-5H3,(H,18,19). The van der Waals surface area contributed by atoms with Gasteiger partial charge in [0.05, 0.1) is 10.6 Å². The van der Waals surface area contributed by atoms with E-state index in [-0.39, 0.29) is 11.3 Å². The van der Waals surface area contributed by atoms with Crippen LogP contribution in [0.3, 0.4) is 0 Å². The molecule has 0 aromatic carbocycles. The molecule has 0 saturated heterocycles. The fourth-order valence-corrected chi connectivity index (χ4v) is 3.79. The molecule has 7 heteroatoms. The molecule has 0 fully saturated rings. The molecule has 2 aromatic heterocycles. The van der Waals surface area contributed by atoms with E-state index in [1.54, 1.807) is 11.3 Å². The third-order valence-corrected chi connectivity index (χ3v) is 5.08. The molecule has 0 saturated carbocycles. The number of rotatable bonds is 4. The van der Waals surface area contributed by atoms with Gasteiger partial charge < -0.3 is 5.11 Å². The van der Waals surface area contributed by atoms with Gasteiger partial charge in [0.2, 0.25) is 0 Å². The molecule has 2 aromatic rings. The first kappa shape index (κ1) is 16.0. The number of hydrogen-bond acceptors (Lipinski definition) is 5. The van der Waals surface area contributed by atoms with Gasteiger partial charge in [-0.3, -0.25) is 9.36 Å². The van der Waals surface area contributed by atoms with E-state index in [2.05, 4.69) is 50.9 Å². The maximum Gasteiger partial charge on any atom is 0.313 e. The molecule has 2 heterocycles. The first-order valence-electron chi connectivity index (χ1n) is 6.58. The lowest BCUT2D eigenvalue weighted by Gasteiger charge is -2.24. The topological polar surface area (TPSA) is 68.0 Å². The Morgan fingerprint density at radius 1 is 1.38 bits per heavy atom. The number of thioether (sulfide) groups is 1. The van der Waals surface area contributed by atoms with Crippen molar-refractivity contribution in [2.75, 3.05) is 5.75 Å². The fraction of sp³-hybridized carbons (Fsp3) is 0.500. The van der Waals surface area contributed by atoms with Crippen LogP contribution in [0.15, 0.2) is 11.2 Å². The molecule has 0 radical (unpaired) electrons. The number of aliphatic carboxylic acids is 1. The number of thiophene rings is 1. The Morgan fingerprint density at radius 2 is 2.05 bits per heavy atom. The van der Waals surface area contributed by atoms with E-state index in [0.717, 1.165) is 10.7 Å². The molecule has 2 rings (SSSR count). The van der Waals surface area contributed by atoms with Crippen molar-refractivity contribution in [2.24, 2.45) is 0 Å². The largest absolute Gasteiger partial charge is 0.481 e. The van der Waals surface area contributed by atoms with Crippen LogP contribution in [0.5, 0.6) is 0 Å². The number of aryl methyl sites for hydroxylation is 2.